The van der Waals surface area contributed by atoms with Gasteiger partial charge in [-0.2, -0.15) is 0 Å². The predicted octanol–water partition coefficient (Wildman–Crippen LogP) is 4.05. The molecule has 1 unspecified atom stereocenters. The fourth-order valence-corrected chi connectivity index (χ4v) is 4.67. The molecule has 0 saturated carbocycles. The molecule has 1 aliphatic heterocycles. The van der Waals surface area contributed by atoms with Gasteiger partial charge < -0.3 is 20.0 Å². The quantitative estimate of drug-likeness (QED) is 0.391. The molecule has 9 nitrogen and oxygen atoms in total. The van der Waals surface area contributed by atoms with E-state index in [0.717, 1.165) is 25.2 Å². The number of carbonyl (C=O) groups is 3. The van der Waals surface area contributed by atoms with Crippen LogP contribution in [0.2, 0.25) is 0 Å². The number of nitrogens with one attached hydrogen (secondary N) is 3. The van der Waals surface area contributed by atoms with Crippen LogP contribution in [0.15, 0.2) is 52.5 Å². The van der Waals surface area contributed by atoms with E-state index in [1.165, 1.54) is 30.4 Å². The zero-order valence-corrected chi connectivity index (χ0v) is 20.4. The van der Waals surface area contributed by atoms with Crippen molar-refractivity contribution in [2.75, 3.05) is 28.6 Å². The van der Waals surface area contributed by atoms with E-state index in [0.29, 0.717) is 22.9 Å². The Balaban J connectivity index is 1.32. The highest BCUT2D eigenvalue weighted by Gasteiger charge is 2.22. The molecule has 1 aliphatic rings. The number of anilines is 3. The minimum atomic E-state index is -0.653. The van der Waals surface area contributed by atoms with Gasteiger partial charge in [-0.05, 0) is 49.6 Å². The number of rotatable bonds is 10. The molecule has 0 radical (unpaired) electrons. The van der Waals surface area contributed by atoms with Gasteiger partial charge >= 0.3 is 0 Å². The summed E-state index contributed by atoms with van der Waals surface area (Å²) in [6.07, 6.45) is 5.04. The summed E-state index contributed by atoms with van der Waals surface area (Å²) in [6, 6.07) is 10.3. The molecule has 1 fully saturated rings. The summed E-state index contributed by atoms with van der Waals surface area (Å²) in [7, 11) is 0. The van der Waals surface area contributed by atoms with Gasteiger partial charge in [0.25, 0.3) is 5.91 Å². The van der Waals surface area contributed by atoms with Crippen molar-refractivity contribution in [3.8, 4) is 0 Å². The summed E-state index contributed by atoms with van der Waals surface area (Å²) in [5, 5.41) is 10.5. The third-order valence-corrected chi connectivity index (χ3v) is 6.48. The van der Waals surface area contributed by atoms with Crippen LogP contribution in [0.4, 0.5) is 16.5 Å². The van der Waals surface area contributed by atoms with Crippen molar-refractivity contribution in [1.29, 1.82) is 0 Å². The van der Waals surface area contributed by atoms with E-state index < -0.39 is 11.9 Å². The lowest BCUT2D eigenvalue weighted by atomic mass is 10.1. The Hall–Kier alpha value is -3.66. The molecular weight excluding hydrogens is 466 g/mol. The third-order valence-electron chi connectivity index (χ3n) is 5.67. The van der Waals surface area contributed by atoms with Gasteiger partial charge in [-0.3, -0.25) is 19.7 Å². The fourth-order valence-electron chi connectivity index (χ4n) is 3.96. The smallest absolute Gasteiger partial charge is 0.293 e. The molecule has 10 heteroatoms. The Morgan fingerprint density at radius 3 is 2.71 bits per heavy atom. The lowest BCUT2D eigenvalue weighted by molar-refractivity contribution is -0.126. The largest absolute Gasteiger partial charge is 0.459 e. The van der Waals surface area contributed by atoms with Crippen LogP contribution in [-0.4, -0.2) is 41.8 Å². The van der Waals surface area contributed by atoms with Crippen LogP contribution in [0.1, 0.15) is 48.9 Å². The topological polar surface area (TPSA) is 117 Å². The van der Waals surface area contributed by atoms with Gasteiger partial charge in [-0.1, -0.05) is 19.4 Å². The monoisotopic (exact) mass is 495 g/mol. The number of carbonyl (C=O) groups excluding carboxylic acids is 3. The van der Waals surface area contributed by atoms with Crippen LogP contribution < -0.4 is 20.9 Å². The van der Waals surface area contributed by atoms with Crippen molar-refractivity contribution in [2.45, 2.75) is 45.1 Å². The van der Waals surface area contributed by atoms with Crippen molar-refractivity contribution in [2.24, 2.45) is 0 Å². The molecule has 0 aliphatic carbocycles. The molecule has 1 atom stereocenters. The molecule has 2 aromatic heterocycles. The lowest BCUT2D eigenvalue weighted by Gasteiger charge is -2.20. The second kappa shape index (κ2) is 11.7. The van der Waals surface area contributed by atoms with Gasteiger partial charge in [0.2, 0.25) is 11.8 Å². The van der Waals surface area contributed by atoms with E-state index in [-0.39, 0.29) is 24.0 Å². The van der Waals surface area contributed by atoms with Gasteiger partial charge in [-0.15, -0.1) is 11.3 Å². The van der Waals surface area contributed by atoms with E-state index in [2.05, 4.69) is 25.8 Å². The van der Waals surface area contributed by atoms with Gasteiger partial charge in [0, 0.05) is 29.8 Å². The zero-order chi connectivity index (χ0) is 24.6. The van der Waals surface area contributed by atoms with Gasteiger partial charge in [0.15, 0.2) is 10.9 Å². The van der Waals surface area contributed by atoms with Crippen molar-refractivity contribution in [3.05, 3.63) is 59.5 Å². The van der Waals surface area contributed by atoms with Gasteiger partial charge in [0.05, 0.1) is 18.4 Å². The third kappa shape index (κ3) is 6.69. The number of amides is 3. The Bertz CT molecular complexity index is 1150. The maximum Gasteiger partial charge on any atom is 0.293 e. The normalized spacial score (nSPS) is 13.9. The molecule has 3 amide bonds. The molecule has 3 heterocycles. The average molecular weight is 496 g/mol. The van der Waals surface area contributed by atoms with Crippen molar-refractivity contribution in [1.82, 2.24) is 10.3 Å². The van der Waals surface area contributed by atoms with E-state index in [1.54, 1.807) is 17.5 Å². The highest BCUT2D eigenvalue weighted by Crippen LogP contribution is 2.23. The molecule has 0 spiro atoms. The SMILES string of the molecule is CCCC(NC(=O)Cc1csc(NC(=O)c2ccco2)n1)C(=O)Nc1cccc(N2CCCC2)c1. The standard InChI is InChI=1S/C25H29N5O4S/c1-2-7-20(23(32)26-17-8-5-9-19(14-17)30-11-3-4-12-30)28-22(31)15-18-16-35-25(27-18)29-24(33)21-10-6-13-34-21/h5-6,8-10,13-14,16,20H,2-4,7,11-12,15H2,1H3,(H,26,32)(H,28,31)(H,27,29,33). The second-order valence-electron chi connectivity index (χ2n) is 8.39. The summed E-state index contributed by atoms with van der Waals surface area (Å²) in [4.78, 5) is 44.3. The molecular formula is C25H29N5O4S. The van der Waals surface area contributed by atoms with Crippen LogP contribution in [0.5, 0.6) is 0 Å². The van der Waals surface area contributed by atoms with Crippen LogP contribution in [-0.2, 0) is 16.0 Å². The van der Waals surface area contributed by atoms with Crippen LogP contribution in [0.3, 0.4) is 0 Å². The molecule has 4 rings (SSSR count). The number of thiazole rings is 1. The highest BCUT2D eigenvalue weighted by molar-refractivity contribution is 7.14. The summed E-state index contributed by atoms with van der Waals surface area (Å²) in [6.45, 7) is 4.02. The summed E-state index contributed by atoms with van der Waals surface area (Å²) in [5.74, 6) is -0.783. The maximum atomic E-state index is 13.0. The van der Waals surface area contributed by atoms with E-state index >= 15 is 0 Å². The fraction of sp³-hybridized carbons (Fsp3) is 0.360. The van der Waals surface area contributed by atoms with Crippen molar-refractivity contribution < 1.29 is 18.8 Å². The Morgan fingerprint density at radius 2 is 1.97 bits per heavy atom. The number of aromatic nitrogens is 1. The summed E-state index contributed by atoms with van der Waals surface area (Å²) < 4.78 is 5.06. The Kier molecular flexibility index (Phi) is 8.15. The number of nitrogens with zero attached hydrogens (tertiary/aromatic N) is 2. The molecule has 0 bridgehead atoms. The first kappa shape index (κ1) is 24.5. The molecule has 1 saturated heterocycles. The number of hydrogen-bond donors (Lipinski definition) is 3. The zero-order valence-electron chi connectivity index (χ0n) is 19.6. The van der Waals surface area contributed by atoms with Crippen LogP contribution >= 0.6 is 11.3 Å². The maximum absolute atomic E-state index is 13.0. The first-order valence-corrected chi connectivity index (χ1v) is 12.6. The minimum Gasteiger partial charge on any atom is -0.459 e. The second-order valence-corrected chi connectivity index (χ2v) is 9.25. The lowest BCUT2D eigenvalue weighted by Crippen LogP contribution is -2.44. The van der Waals surface area contributed by atoms with Crippen LogP contribution in [0.25, 0.3) is 0 Å². The summed E-state index contributed by atoms with van der Waals surface area (Å²) in [5.41, 5.74) is 2.32. The first-order valence-electron chi connectivity index (χ1n) is 11.8. The Morgan fingerprint density at radius 1 is 1.14 bits per heavy atom. The predicted molar refractivity (Wildman–Crippen MR) is 136 cm³/mol. The van der Waals surface area contributed by atoms with Crippen molar-refractivity contribution in [3.63, 3.8) is 0 Å². The molecule has 1 aromatic carbocycles. The average Bonchev–Trinajstić information content (AvgIpc) is 3.62. The molecule has 3 N–H and O–H groups in total. The Labute approximate surface area is 207 Å². The molecule has 184 valence electrons. The van der Waals surface area contributed by atoms with Crippen LogP contribution in [0, 0.1) is 0 Å². The minimum absolute atomic E-state index is 0.00502. The number of benzene rings is 1. The first-order chi connectivity index (χ1) is 17.0. The number of furan rings is 1. The van der Waals surface area contributed by atoms with E-state index in [4.69, 9.17) is 4.42 Å². The summed E-state index contributed by atoms with van der Waals surface area (Å²) >= 11 is 1.22. The van der Waals surface area contributed by atoms with E-state index in [9.17, 15) is 14.4 Å². The van der Waals surface area contributed by atoms with Gasteiger partial charge in [-0.25, -0.2) is 4.98 Å². The molecule has 3 aromatic rings. The van der Waals surface area contributed by atoms with Crippen molar-refractivity contribution >= 4 is 45.6 Å². The highest BCUT2D eigenvalue weighted by atomic mass is 32.1. The van der Waals surface area contributed by atoms with E-state index in [1.807, 2.05) is 31.2 Å². The number of hydrogen-bond acceptors (Lipinski definition) is 7. The van der Waals surface area contributed by atoms with Gasteiger partial charge in [0.1, 0.15) is 6.04 Å². The molecule has 35 heavy (non-hydrogen) atoms.